The van der Waals surface area contributed by atoms with E-state index in [1.807, 2.05) is 0 Å². The predicted octanol–water partition coefficient (Wildman–Crippen LogP) is 4.00. The Morgan fingerprint density at radius 3 is 2.38 bits per heavy atom. The predicted molar refractivity (Wildman–Crippen MR) is 106 cm³/mol. The summed E-state index contributed by atoms with van der Waals surface area (Å²) in [4.78, 5) is 24.4. The fraction of sp³-hybridized carbons (Fsp3) is 0.190. The molecule has 0 fully saturated rings. The molecule has 0 aliphatic carbocycles. The SMILES string of the molecule is Cc1c(C(Cc2ccc(F)cc2Cl)(OC(=O)C(F)(F)F)C(N)=O)cnn1-c1ccccc1. The number of rotatable bonds is 6. The minimum absolute atomic E-state index is 0.0358. The Hall–Kier alpha value is -3.40. The Kier molecular flexibility index (Phi) is 6.27. The van der Waals surface area contributed by atoms with E-state index in [9.17, 15) is 27.2 Å². The van der Waals surface area contributed by atoms with Gasteiger partial charge in [0.15, 0.2) is 0 Å². The summed E-state index contributed by atoms with van der Waals surface area (Å²) in [5, 5.41) is 3.94. The number of nitrogens with two attached hydrogens (primary N) is 1. The van der Waals surface area contributed by atoms with Crippen LogP contribution in [0, 0.1) is 12.7 Å². The lowest BCUT2D eigenvalue weighted by Gasteiger charge is -2.31. The van der Waals surface area contributed by atoms with Crippen LogP contribution >= 0.6 is 11.6 Å². The van der Waals surface area contributed by atoms with Crippen molar-refractivity contribution in [3.63, 3.8) is 0 Å². The Labute approximate surface area is 184 Å². The molecule has 1 amide bonds. The third kappa shape index (κ3) is 4.45. The molecule has 6 nitrogen and oxygen atoms in total. The Morgan fingerprint density at radius 2 is 1.81 bits per heavy atom. The molecule has 0 bridgehead atoms. The van der Waals surface area contributed by atoms with Crippen molar-refractivity contribution in [3.05, 3.63) is 82.4 Å². The number of halogens is 5. The normalized spacial score (nSPS) is 13.4. The van der Waals surface area contributed by atoms with Crippen LogP contribution in [0.15, 0.2) is 54.7 Å². The van der Waals surface area contributed by atoms with E-state index in [1.54, 1.807) is 30.3 Å². The maximum absolute atomic E-state index is 13.5. The van der Waals surface area contributed by atoms with Gasteiger partial charge in [0.2, 0.25) is 5.60 Å². The van der Waals surface area contributed by atoms with E-state index in [2.05, 4.69) is 5.10 Å². The zero-order valence-corrected chi connectivity index (χ0v) is 17.2. The summed E-state index contributed by atoms with van der Waals surface area (Å²) in [6, 6.07) is 11.6. The lowest BCUT2D eigenvalue weighted by Crippen LogP contribution is -2.49. The number of carbonyl (C=O) groups excluding carboxylic acids is 2. The molecule has 11 heteroatoms. The molecule has 168 valence electrons. The monoisotopic (exact) mass is 469 g/mol. The first-order chi connectivity index (χ1) is 15.0. The van der Waals surface area contributed by atoms with Crippen LogP contribution in [0.2, 0.25) is 5.02 Å². The lowest BCUT2D eigenvalue weighted by molar-refractivity contribution is -0.215. The highest BCUT2D eigenvalue weighted by atomic mass is 35.5. The summed E-state index contributed by atoms with van der Waals surface area (Å²) >= 11 is 6.02. The molecule has 1 heterocycles. The van der Waals surface area contributed by atoms with Crippen molar-refractivity contribution in [3.8, 4) is 5.69 Å². The van der Waals surface area contributed by atoms with Crippen molar-refractivity contribution >= 4 is 23.5 Å². The number of benzene rings is 2. The standard InChI is InChI=1S/C21H16ClF4N3O3/c1-12-16(11-28-29(12)15-5-3-2-4-6-15)20(18(27)30,32-19(31)21(24,25)26)10-13-7-8-14(23)9-17(13)22/h2-9,11H,10H2,1H3,(H2,27,30). The van der Waals surface area contributed by atoms with Crippen LogP contribution in [0.1, 0.15) is 16.8 Å². The second-order valence-corrected chi connectivity index (χ2v) is 7.29. The van der Waals surface area contributed by atoms with E-state index >= 15 is 0 Å². The molecule has 3 rings (SSSR count). The maximum atomic E-state index is 13.5. The van der Waals surface area contributed by atoms with E-state index in [1.165, 1.54) is 11.6 Å². The number of nitrogens with zero attached hydrogens (tertiary/aromatic N) is 2. The first kappa shape index (κ1) is 23.3. The fourth-order valence-electron chi connectivity index (χ4n) is 3.24. The van der Waals surface area contributed by atoms with Gasteiger partial charge in [-0.05, 0) is 36.8 Å². The zero-order valence-electron chi connectivity index (χ0n) is 16.5. The van der Waals surface area contributed by atoms with Crippen LogP contribution in [0.4, 0.5) is 17.6 Å². The third-order valence-corrected chi connectivity index (χ3v) is 5.15. The zero-order chi connectivity index (χ0) is 23.7. The Balaban J connectivity index is 2.20. The molecule has 2 aromatic carbocycles. The van der Waals surface area contributed by atoms with Crippen LogP contribution in [-0.4, -0.2) is 27.8 Å². The summed E-state index contributed by atoms with van der Waals surface area (Å²) in [6.07, 6.45) is -4.99. The molecule has 0 aliphatic rings. The van der Waals surface area contributed by atoms with E-state index < -0.39 is 35.9 Å². The van der Waals surface area contributed by atoms with Gasteiger partial charge in [-0.1, -0.05) is 35.9 Å². The third-order valence-electron chi connectivity index (χ3n) is 4.80. The van der Waals surface area contributed by atoms with Crippen molar-refractivity contribution in [2.24, 2.45) is 5.73 Å². The van der Waals surface area contributed by atoms with Crippen molar-refractivity contribution in [1.82, 2.24) is 9.78 Å². The first-order valence-electron chi connectivity index (χ1n) is 9.10. The van der Waals surface area contributed by atoms with Crippen molar-refractivity contribution in [2.75, 3.05) is 0 Å². The Morgan fingerprint density at radius 1 is 1.16 bits per heavy atom. The number of para-hydroxylation sites is 1. The highest BCUT2D eigenvalue weighted by molar-refractivity contribution is 6.31. The number of hydrogen-bond donors (Lipinski definition) is 1. The van der Waals surface area contributed by atoms with Crippen molar-refractivity contribution < 1.29 is 31.9 Å². The second kappa shape index (κ2) is 8.62. The van der Waals surface area contributed by atoms with Crippen molar-refractivity contribution in [1.29, 1.82) is 0 Å². The number of primary amides is 1. The maximum Gasteiger partial charge on any atom is 0.490 e. The van der Waals surface area contributed by atoms with E-state index in [4.69, 9.17) is 22.1 Å². The van der Waals surface area contributed by atoms with Gasteiger partial charge in [-0.15, -0.1) is 0 Å². The molecule has 0 saturated carbocycles. The smallest absolute Gasteiger partial charge is 0.437 e. The topological polar surface area (TPSA) is 87.2 Å². The summed E-state index contributed by atoms with van der Waals surface area (Å²) in [7, 11) is 0. The molecule has 2 N–H and O–H groups in total. The number of hydrogen-bond acceptors (Lipinski definition) is 4. The summed E-state index contributed by atoms with van der Waals surface area (Å²) in [5.41, 5.74) is 3.48. The van der Waals surface area contributed by atoms with Gasteiger partial charge in [0.25, 0.3) is 5.91 Å². The van der Waals surface area contributed by atoms with Gasteiger partial charge in [-0.25, -0.2) is 13.9 Å². The highest BCUT2D eigenvalue weighted by Gasteiger charge is 2.52. The molecular weight excluding hydrogens is 454 g/mol. The number of carbonyl (C=O) groups is 2. The molecule has 3 aromatic rings. The number of ether oxygens (including phenoxy) is 1. The largest absolute Gasteiger partial charge is 0.490 e. The molecule has 0 spiro atoms. The molecule has 1 atom stereocenters. The second-order valence-electron chi connectivity index (χ2n) is 6.88. The lowest BCUT2D eigenvalue weighted by atomic mass is 9.86. The van der Waals surface area contributed by atoms with Gasteiger partial charge in [-0.2, -0.15) is 18.3 Å². The highest BCUT2D eigenvalue weighted by Crippen LogP contribution is 2.37. The molecule has 1 unspecified atom stereocenters. The minimum Gasteiger partial charge on any atom is -0.437 e. The summed E-state index contributed by atoms with van der Waals surface area (Å²) in [6.45, 7) is 1.47. The van der Waals surface area contributed by atoms with Crippen LogP contribution in [0.25, 0.3) is 5.69 Å². The van der Waals surface area contributed by atoms with Crippen LogP contribution in [-0.2, 0) is 26.3 Å². The van der Waals surface area contributed by atoms with Gasteiger partial charge >= 0.3 is 12.1 Å². The number of alkyl halides is 3. The average molecular weight is 470 g/mol. The van der Waals surface area contributed by atoms with Gasteiger partial charge < -0.3 is 10.5 Å². The molecule has 0 aliphatic heterocycles. The van der Waals surface area contributed by atoms with Gasteiger partial charge in [0, 0.05) is 22.7 Å². The van der Waals surface area contributed by atoms with Crippen LogP contribution < -0.4 is 5.73 Å². The van der Waals surface area contributed by atoms with Crippen molar-refractivity contribution in [2.45, 2.75) is 25.1 Å². The fourth-order valence-corrected chi connectivity index (χ4v) is 3.48. The molecule has 32 heavy (non-hydrogen) atoms. The summed E-state index contributed by atoms with van der Waals surface area (Å²) < 4.78 is 58.8. The Bertz CT molecular complexity index is 1160. The van der Waals surface area contributed by atoms with Gasteiger partial charge in [-0.3, -0.25) is 4.79 Å². The first-order valence-corrected chi connectivity index (χ1v) is 9.48. The number of aromatic nitrogens is 2. The van der Waals surface area contributed by atoms with Crippen LogP contribution in [0.3, 0.4) is 0 Å². The molecular formula is C21H16ClF4N3O3. The van der Waals surface area contributed by atoms with E-state index in [0.717, 1.165) is 24.4 Å². The number of esters is 1. The van der Waals surface area contributed by atoms with E-state index in [-0.39, 0.29) is 21.8 Å². The number of amides is 1. The molecule has 0 radical (unpaired) electrons. The van der Waals surface area contributed by atoms with Crippen LogP contribution in [0.5, 0.6) is 0 Å². The quantitative estimate of drug-likeness (QED) is 0.436. The van der Waals surface area contributed by atoms with Gasteiger partial charge in [0.1, 0.15) is 5.82 Å². The molecule has 1 aromatic heterocycles. The van der Waals surface area contributed by atoms with Gasteiger partial charge in [0.05, 0.1) is 11.9 Å². The average Bonchev–Trinajstić information content (AvgIpc) is 3.10. The minimum atomic E-state index is -5.41. The summed E-state index contributed by atoms with van der Waals surface area (Å²) in [5.74, 6) is -4.71. The van der Waals surface area contributed by atoms with E-state index in [0.29, 0.717) is 5.69 Å². The molecule has 0 saturated heterocycles.